The first kappa shape index (κ1) is 18.7. The number of benzene rings is 1. The summed E-state index contributed by atoms with van der Waals surface area (Å²) in [6.07, 6.45) is 2.87. The van der Waals surface area contributed by atoms with Crippen molar-refractivity contribution in [2.75, 3.05) is 4.72 Å². The number of nitrogens with one attached hydrogen (secondary N) is 2. The molecular formula is C15H12N10O2S2. The van der Waals surface area contributed by atoms with Gasteiger partial charge in [-0.3, -0.25) is 0 Å². The van der Waals surface area contributed by atoms with E-state index in [-0.39, 0.29) is 27.8 Å². The van der Waals surface area contributed by atoms with E-state index in [4.69, 9.17) is 18.0 Å². The molecule has 0 saturated heterocycles. The van der Waals surface area contributed by atoms with Crippen LogP contribution in [0.3, 0.4) is 0 Å². The van der Waals surface area contributed by atoms with Crippen LogP contribution in [0.25, 0.3) is 0 Å². The molecule has 29 heavy (non-hydrogen) atoms. The molecule has 0 fully saturated rings. The number of hydrogen-bond acceptors (Lipinski definition) is 11. The van der Waals surface area contributed by atoms with Crippen molar-refractivity contribution < 1.29 is 8.42 Å². The van der Waals surface area contributed by atoms with Gasteiger partial charge in [0.1, 0.15) is 10.8 Å². The second kappa shape index (κ2) is 7.40. The Kier molecular flexibility index (Phi) is 4.77. The Labute approximate surface area is 169 Å². The highest BCUT2D eigenvalue weighted by Crippen LogP contribution is 2.19. The Morgan fingerprint density at radius 3 is 2.55 bits per heavy atom. The molecule has 0 amide bonds. The lowest BCUT2D eigenvalue weighted by atomic mass is 10.2. The monoisotopic (exact) mass is 428 g/mol. The van der Waals surface area contributed by atoms with Crippen molar-refractivity contribution in [1.82, 2.24) is 15.3 Å². The smallest absolute Gasteiger partial charge is 0.267 e. The number of aliphatic imine (C=N–C) groups is 3. The highest BCUT2D eigenvalue weighted by Gasteiger charge is 2.30. The Bertz CT molecular complexity index is 1190. The fourth-order valence-electron chi connectivity index (χ4n) is 2.36. The summed E-state index contributed by atoms with van der Waals surface area (Å²) in [5, 5.41) is 10.7. The molecule has 2 aliphatic rings. The van der Waals surface area contributed by atoms with Crippen molar-refractivity contribution in [2.45, 2.75) is 10.9 Å². The van der Waals surface area contributed by atoms with Gasteiger partial charge in [-0.1, -0.05) is 12.2 Å². The summed E-state index contributed by atoms with van der Waals surface area (Å²) in [4.78, 5) is 20.3. The van der Waals surface area contributed by atoms with Crippen molar-refractivity contribution in [3.05, 3.63) is 42.7 Å². The number of thiocarbonyl (C=S) groups is 1. The molecule has 1 unspecified atom stereocenters. The standard InChI is InChI=1S/C15H12N10O2S2/c16-13-20-11-10(12(28)22-13)19-15(21-11)24-23-8-2-4-9(5-3-8)29(26,27)25-14-17-6-1-7-18-14/h1-7,10H,(H,17,18,25)(H3,16,19,20,21,22,28). The Hall–Kier alpha value is -3.65. The van der Waals surface area contributed by atoms with Crippen LogP contribution in [0.2, 0.25) is 0 Å². The average molecular weight is 428 g/mol. The first-order valence-electron chi connectivity index (χ1n) is 8.04. The summed E-state index contributed by atoms with van der Waals surface area (Å²) >= 11 is 5.11. The summed E-state index contributed by atoms with van der Waals surface area (Å²) in [7, 11) is -3.83. The molecule has 3 heterocycles. The van der Waals surface area contributed by atoms with Crippen molar-refractivity contribution in [1.29, 1.82) is 0 Å². The second-order valence-corrected chi connectivity index (χ2v) is 7.76. The molecule has 4 N–H and O–H groups in total. The van der Waals surface area contributed by atoms with Crippen molar-refractivity contribution >= 4 is 56.6 Å². The highest BCUT2D eigenvalue weighted by atomic mass is 32.2. The van der Waals surface area contributed by atoms with Crippen LogP contribution in [0.15, 0.2) is 72.8 Å². The largest absolute Gasteiger partial charge is 0.369 e. The minimum Gasteiger partial charge on any atom is -0.369 e. The van der Waals surface area contributed by atoms with Crippen LogP contribution >= 0.6 is 12.2 Å². The molecular weight excluding hydrogens is 416 g/mol. The summed E-state index contributed by atoms with van der Waals surface area (Å²) in [5.74, 6) is 0.661. The zero-order valence-electron chi connectivity index (χ0n) is 14.5. The van der Waals surface area contributed by atoms with Gasteiger partial charge in [0, 0.05) is 12.4 Å². The molecule has 0 saturated carbocycles. The fraction of sp³-hybridized carbons (Fsp3) is 0.0667. The van der Waals surface area contributed by atoms with Gasteiger partial charge in [0.15, 0.2) is 12.0 Å². The molecule has 12 nitrogen and oxygen atoms in total. The molecule has 1 aromatic carbocycles. The fourth-order valence-corrected chi connectivity index (χ4v) is 3.58. The Balaban J connectivity index is 1.47. The van der Waals surface area contributed by atoms with Gasteiger partial charge in [-0.15, -0.1) is 10.2 Å². The molecule has 1 aromatic heterocycles. The molecule has 14 heteroatoms. The number of sulfonamides is 1. The Morgan fingerprint density at radius 1 is 1.10 bits per heavy atom. The van der Waals surface area contributed by atoms with Crippen LogP contribution in [-0.2, 0) is 10.0 Å². The van der Waals surface area contributed by atoms with Gasteiger partial charge in [-0.05, 0) is 30.3 Å². The summed E-state index contributed by atoms with van der Waals surface area (Å²) in [6, 6.07) is 6.79. The van der Waals surface area contributed by atoms with E-state index in [2.05, 4.69) is 45.2 Å². The highest BCUT2D eigenvalue weighted by molar-refractivity contribution is 7.92. The maximum atomic E-state index is 12.4. The zero-order chi connectivity index (χ0) is 20.4. The number of amidine groups is 1. The molecule has 4 rings (SSSR count). The molecule has 2 aromatic rings. The zero-order valence-corrected chi connectivity index (χ0v) is 16.1. The van der Waals surface area contributed by atoms with Crippen molar-refractivity contribution in [3.63, 3.8) is 0 Å². The number of guanidine groups is 2. The number of azo groups is 1. The summed E-state index contributed by atoms with van der Waals surface area (Å²) in [6.45, 7) is 0. The van der Waals surface area contributed by atoms with Gasteiger partial charge in [0.25, 0.3) is 16.0 Å². The van der Waals surface area contributed by atoms with Crippen LogP contribution in [0.1, 0.15) is 0 Å². The number of fused-ring (bicyclic) bond motifs is 1. The lowest BCUT2D eigenvalue weighted by molar-refractivity contribution is 0.601. The molecule has 0 aliphatic carbocycles. The maximum absolute atomic E-state index is 12.4. The van der Waals surface area contributed by atoms with E-state index in [1.807, 2.05) is 0 Å². The van der Waals surface area contributed by atoms with Crippen LogP contribution in [-0.4, -0.2) is 47.2 Å². The van der Waals surface area contributed by atoms with E-state index in [0.717, 1.165) is 0 Å². The average Bonchev–Trinajstić information content (AvgIpc) is 3.10. The van der Waals surface area contributed by atoms with Gasteiger partial charge in [0.2, 0.25) is 5.95 Å². The third-order valence-electron chi connectivity index (χ3n) is 3.64. The maximum Gasteiger partial charge on any atom is 0.267 e. The third-order valence-corrected chi connectivity index (χ3v) is 5.30. The number of rotatable bonds is 4. The first-order chi connectivity index (χ1) is 13.9. The number of hydrogen-bond donors (Lipinski definition) is 3. The number of nitrogens with two attached hydrogens (primary N) is 1. The SMILES string of the molecule is NC1=NC(=S)C2N=C(N=Nc3ccc(S(=O)(=O)Nc4ncccn4)cc3)N=C2N1. The van der Waals surface area contributed by atoms with Crippen LogP contribution in [0, 0.1) is 0 Å². The minimum absolute atomic E-state index is 0.0211. The molecule has 0 bridgehead atoms. The lowest BCUT2D eigenvalue weighted by Crippen LogP contribution is -2.48. The van der Waals surface area contributed by atoms with E-state index in [1.165, 1.54) is 36.7 Å². The molecule has 0 spiro atoms. The quantitative estimate of drug-likeness (QED) is 0.476. The second-order valence-electron chi connectivity index (χ2n) is 5.66. The number of anilines is 1. The Morgan fingerprint density at radius 2 is 1.83 bits per heavy atom. The van der Waals surface area contributed by atoms with E-state index in [0.29, 0.717) is 11.5 Å². The number of aromatic nitrogens is 2. The van der Waals surface area contributed by atoms with Gasteiger partial charge < -0.3 is 11.1 Å². The van der Waals surface area contributed by atoms with E-state index in [1.54, 1.807) is 6.07 Å². The van der Waals surface area contributed by atoms with E-state index in [9.17, 15) is 8.42 Å². The number of nitrogens with zero attached hydrogens (tertiary/aromatic N) is 7. The molecule has 146 valence electrons. The van der Waals surface area contributed by atoms with Crippen molar-refractivity contribution in [2.24, 2.45) is 30.9 Å². The normalized spacial score (nSPS) is 18.6. The van der Waals surface area contributed by atoms with Gasteiger partial charge >= 0.3 is 0 Å². The molecule has 2 aliphatic heterocycles. The van der Waals surface area contributed by atoms with Gasteiger partial charge in [-0.2, -0.15) is 4.99 Å². The third kappa shape index (κ3) is 4.12. The van der Waals surface area contributed by atoms with Gasteiger partial charge in [0.05, 0.1) is 10.6 Å². The molecule has 1 atom stereocenters. The van der Waals surface area contributed by atoms with Crippen LogP contribution in [0.5, 0.6) is 0 Å². The van der Waals surface area contributed by atoms with E-state index >= 15 is 0 Å². The molecule has 0 radical (unpaired) electrons. The van der Waals surface area contributed by atoms with Gasteiger partial charge in [-0.25, -0.2) is 33.1 Å². The van der Waals surface area contributed by atoms with E-state index < -0.39 is 16.1 Å². The predicted molar refractivity (Wildman–Crippen MR) is 110 cm³/mol. The van der Waals surface area contributed by atoms with Crippen LogP contribution in [0.4, 0.5) is 11.6 Å². The van der Waals surface area contributed by atoms with Crippen molar-refractivity contribution in [3.8, 4) is 0 Å². The lowest BCUT2D eigenvalue weighted by Gasteiger charge is -2.16. The van der Waals surface area contributed by atoms with Crippen LogP contribution < -0.4 is 15.8 Å². The minimum atomic E-state index is -3.83. The summed E-state index contributed by atoms with van der Waals surface area (Å²) in [5.41, 5.74) is 6.00. The topological polar surface area (TPSA) is 172 Å². The first-order valence-corrected chi connectivity index (χ1v) is 9.93. The predicted octanol–water partition coefficient (Wildman–Crippen LogP) is 0.743. The summed E-state index contributed by atoms with van der Waals surface area (Å²) < 4.78 is 27.0.